The number of thioether (sulfide) groups is 1. The zero-order valence-electron chi connectivity index (χ0n) is 17.3. The van der Waals surface area contributed by atoms with Crippen molar-refractivity contribution < 1.29 is 28.5 Å². The van der Waals surface area contributed by atoms with Gasteiger partial charge in [-0.05, 0) is 12.1 Å². The number of amides is 1. The molecular formula is C24H29NO6S. The summed E-state index contributed by atoms with van der Waals surface area (Å²) in [5.41, 5.74) is 1.40. The van der Waals surface area contributed by atoms with Crippen LogP contribution >= 0.6 is 11.8 Å². The van der Waals surface area contributed by atoms with Gasteiger partial charge < -0.3 is 24.3 Å². The van der Waals surface area contributed by atoms with Gasteiger partial charge in [0.15, 0.2) is 17.7 Å². The van der Waals surface area contributed by atoms with Crippen LogP contribution < -0.4 is 5.32 Å². The third kappa shape index (κ3) is 5.39. The summed E-state index contributed by atoms with van der Waals surface area (Å²) in [7, 11) is 1.51. The first-order valence-electron chi connectivity index (χ1n) is 10.1. The second-order valence-corrected chi connectivity index (χ2v) is 8.75. The van der Waals surface area contributed by atoms with Crippen LogP contribution in [-0.4, -0.2) is 54.5 Å². The summed E-state index contributed by atoms with van der Waals surface area (Å²) in [6.07, 6.45) is -2.22. The molecule has 1 amide bonds. The molecule has 2 aromatic rings. The lowest BCUT2D eigenvalue weighted by molar-refractivity contribution is -0.316. The molecule has 0 radical (unpaired) electrons. The Morgan fingerprint density at radius 1 is 1.03 bits per heavy atom. The third-order valence-corrected chi connectivity index (χ3v) is 6.44. The molecule has 0 spiro atoms. The minimum atomic E-state index is -0.744. The Morgan fingerprint density at radius 2 is 1.69 bits per heavy atom. The Kier molecular flexibility index (Phi) is 8.44. The molecule has 2 aliphatic heterocycles. The molecule has 0 bridgehead atoms. The maximum Gasteiger partial charge on any atom is 0.251 e. The number of fused-ring (bicyclic) bond motifs is 1. The minimum Gasteiger partial charge on any atom is -0.354 e. The molecule has 172 valence electrons. The van der Waals surface area contributed by atoms with Gasteiger partial charge in [-0.1, -0.05) is 67.7 Å². The van der Waals surface area contributed by atoms with E-state index >= 15 is 0 Å². The van der Waals surface area contributed by atoms with E-state index in [0.29, 0.717) is 12.2 Å². The number of nitrogens with one attached hydrogen (secondary N) is 1. The first-order chi connectivity index (χ1) is 15.1. The fourth-order valence-corrected chi connectivity index (χ4v) is 4.96. The Morgan fingerprint density at radius 3 is 2.31 bits per heavy atom. The molecule has 8 heteroatoms. The molecule has 0 aliphatic carbocycles. The maximum absolute atomic E-state index is 12.9. The number of hydrogen-bond acceptors (Lipinski definition) is 7. The topological polar surface area (TPSA) is 83.1 Å². The largest absolute Gasteiger partial charge is 0.354 e. The molecular weight excluding hydrogens is 430 g/mol. The molecule has 2 aromatic carbocycles. The second-order valence-electron chi connectivity index (χ2n) is 7.39. The second kappa shape index (κ2) is 11.1. The van der Waals surface area contributed by atoms with Crippen LogP contribution in [0.25, 0.3) is 0 Å². The maximum atomic E-state index is 12.9. The SMILES string of the molecule is C.CO[C@@H]1O[C@@H]2COC(c3ccccc3)O[C@H]2[C@H](SC(C)=O)[C@H]1NC(=O)c1ccccc1. The van der Waals surface area contributed by atoms with Crippen molar-refractivity contribution in [2.45, 2.75) is 50.4 Å². The highest BCUT2D eigenvalue weighted by Crippen LogP contribution is 2.39. The van der Waals surface area contributed by atoms with E-state index in [1.165, 1.54) is 14.0 Å². The molecule has 1 unspecified atom stereocenters. The zero-order valence-corrected chi connectivity index (χ0v) is 18.1. The van der Waals surface area contributed by atoms with Crippen molar-refractivity contribution in [3.8, 4) is 0 Å². The van der Waals surface area contributed by atoms with Crippen LogP contribution in [-0.2, 0) is 23.7 Å². The highest BCUT2D eigenvalue weighted by molar-refractivity contribution is 8.14. The van der Waals surface area contributed by atoms with E-state index in [0.717, 1.165) is 17.3 Å². The number of methoxy groups -OCH3 is 1. The van der Waals surface area contributed by atoms with Gasteiger partial charge in [-0.15, -0.1) is 0 Å². The van der Waals surface area contributed by atoms with Crippen LogP contribution in [0.4, 0.5) is 0 Å². The molecule has 4 rings (SSSR count). The average molecular weight is 460 g/mol. The number of carbonyl (C=O) groups excluding carboxylic acids is 2. The summed E-state index contributed by atoms with van der Waals surface area (Å²) in [6, 6.07) is 17.9. The Labute approximate surface area is 192 Å². The third-order valence-electron chi connectivity index (χ3n) is 5.28. The normalized spacial score (nSPS) is 29.3. The fraction of sp³-hybridized carbons (Fsp3) is 0.417. The summed E-state index contributed by atoms with van der Waals surface area (Å²) >= 11 is 1.13. The van der Waals surface area contributed by atoms with Crippen molar-refractivity contribution in [2.75, 3.05) is 13.7 Å². The number of benzene rings is 2. The summed E-state index contributed by atoms with van der Waals surface area (Å²) in [4.78, 5) is 25.0. The molecule has 32 heavy (non-hydrogen) atoms. The number of hydrogen-bond donors (Lipinski definition) is 1. The van der Waals surface area contributed by atoms with Gasteiger partial charge in [0.1, 0.15) is 12.2 Å². The van der Waals surface area contributed by atoms with E-state index in [9.17, 15) is 9.59 Å². The molecule has 6 atom stereocenters. The van der Waals surface area contributed by atoms with Crippen LogP contribution in [0.2, 0.25) is 0 Å². The molecule has 2 heterocycles. The average Bonchev–Trinajstić information content (AvgIpc) is 2.80. The van der Waals surface area contributed by atoms with Gasteiger partial charge in [-0.25, -0.2) is 0 Å². The van der Waals surface area contributed by atoms with Gasteiger partial charge in [0, 0.05) is 25.2 Å². The standard InChI is InChI=1S/C23H25NO6S.CH4/c1-14(25)31-20-18(24-21(26)15-9-5-3-6-10-15)23(27-2)29-17-13-28-22(30-19(17)20)16-11-7-4-8-12-16;/h3-12,17-20,22-23H,13H2,1-2H3,(H,24,26);1H4/t17-,18-,19-,20-,22?,23-;/m1./s1. The monoisotopic (exact) mass is 459 g/mol. The Hall–Kier alpha value is -2.23. The Bertz CT molecular complexity index is 896. The van der Waals surface area contributed by atoms with Crippen molar-refractivity contribution in [3.63, 3.8) is 0 Å². The lowest BCUT2D eigenvalue weighted by Crippen LogP contribution is -2.65. The van der Waals surface area contributed by atoms with Crippen LogP contribution in [0.3, 0.4) is 0 Å². The smallest absolute Gasteiger partial charge is 0.251 e. The molecule has 2 aliphatic rings. The quantitative estimate of drug-likeness (QED) is 0.732. The van der Waals surface area contributed by atoms with E-state index in [4.69, 9.17) is 18.9 Å². The predicted molar refractivity (Wildman–Crippen MR) is 122 cm³/mol. The van der Waals surface area contributed by atoms with Gasteiger partial charge in [-0.3, -0.25) is 9.59 Å². The summed E-state index contributed by atoms with van der Waals surface area (Å²) in [5, 5.41) is 2.51. The number of carbonyl (C=O) groups is 2. The van der Waals surface area contributed by atoms with E-state index in [1.54, 1.807) is 24.3 Å². The first-order valence-corrected chi connectivity index (χ1v) is 11.0. The van der Waals surface area contributed by atoms with Crippen molar-refractivity contribution >= 4 is 22.8 Å². The Balaban J connectivity index is 0.00000289. The summed E-state index contributed by atoms with van der Waals surface area (Å²) < 4.78 is 23.8. The van der Waals surface area contributed by atoms with Crippen molar-refractivity contribution in [3.05, 3.63) is 71.8 Å². The van der Waals surface area contributed by atoms with Crippen LogP contribution in [0.15, 0.2) is 60.7 Å². The van der Waals surface area contributed by atoms with Crippen LogP contribution in [0.5, 0.6) is 0 Å². The lowest BCUT2D eigenvalue weighted by Gasteiger charge is -2.48. The molecule has 2 fully saturated rings. The van der Waals surface area contributed by atoms with Crippen LogP contribution in [0, 0.1) is 0 Å². The molecule has 1 N–H and O–H groups in total. The molecule has 0 saturated carbocycles. The van der Waals surface area contributed by atoms with Gasteiger partial charge in [-0.2, -0.15) is 0 Å². The minimum absolute atomic E-state index is 0. The number of rotatable bonds is 5. The lowest BCUT2D eigenvalue weighted by atomic mass is 9.98. The summed E-state index contributed by atoms with van der Waals surface area (Å²) in [6.45, 7) is 1.79. The van der Waals surface area contributed by atoms with Gasteiger partial charge in [0.25, 0.3) is 5.91 Å². The zero-order chi connectivity index (χ0) is 21.8. The van der Waals surface area contributed by atoms with E-state index < -0.39 is 36.1 Å². The fourth-order valence-electron chi connectivity index (χ4n) is 3.86. The highest BCUT2D eigenvalue weighted by atomic mass is 32.2. The van der Waals surface area contributed by atoms with Gasteiger partial charge >= 0.3 is 0 Å². The van der Waals surface area contributed by atoms with E-state index in [2.05, 4.69) is 5.32 Å². The van der Waals surface area contributed by atoms with Crippen molar-refractivity contribution in [1.29, 1.82) is 0 Å². The highest BCUT2D eigenvalue weighted by Gasteiger charge is 2.51. The van der Waals surface area contributed by atoms with Crippen molar-refractivity contribution in [2.24, 2.45) is 0 Å². The molecule has 0 aromatic heterocycles. The predicted octanol–water partition coefficient (Wildman–Crippen LogP) is 3.55. The summed E-state index contributed by atoms with van der Waals surface area (Å²) in [5.74, 6) is -0.268. The van der Waals surface area contributed by atoms with Crippen molar-refractivity contribution in [1.82, 2.24) is 5.32 Å². The molecule has 7 nitrogen and oxygen atoms in total. The van der Waals surface area contributed by atoms with Crippen LogP contribution in [0.1, 0.15) is 36.6 Å². The van der Waals surface area contributed by atoms with Gasteiger partial charge in [0.05, 0.1) is 17.9 Å². The van der Waals surface area contributed by atoms with E-state index in [1.807, 2.05) is 36.4 Å². The number of ether oxygens (including phenoxy) is 4. The van der Waals surface area contributed by atoms with Gasteiger partial charge in [0.2, 0.25) is 0 Å². The van der Waals surface area contributed by atoms with E-state index in [-0.39, 0.29) is 18.4 Å². The first kappa shape index (κ1) is 24.4. The molecule has 2 saturated heterocycles.